The molecule has 0 heterocycles. The molecule has 1 nitrogen and oxygen atoms in total. The van der Waals surface area contributed by atoms with Gasteiger partial charge in [0.15, 0.2) is 0 Å². The summed E-state index contributed by atoms with van der Waals surface area (Å²) >= 11 is 0. The Labute approximate surface area is 71.1 Å². The standard InChI is InChI=1S/C10H22O/c1-5-10(11-4)8-6-7-9(2)3/h9-10H,5-8H2,1-4H3. The Balaban J connectivity index is 3.21. The Kier molecular flexibility index (Phi) is 6.63. The number of ether oxygens (including phenoxy) is 1. The van der Waals surface area contributed by atoms with Crippen molar-refractivity contribution < 1.29 is 4.74 Å². The quantitative estimate of drug-likeness (QED) is 0.576. The summed E-state index contributed by atoms with van der Waals surface area (Å²) in [5.74, 6) is 0.837. The monoisotopic (exact) mass is 158 g/mol. The molecule has 68 valence electrons. The number of methoxy groups -OCH3 is 1. The van der Waals surface area contributed by atoms with Crippen LogP contribution in [0.25, 0.3) is 0 Å². The van der Waals surface area contributed by atoms with E-state index in [1.807, 2.05) is 7.11 Å². The van der Waals surface area contributed by atoms with Crippen LogP contribution >= 0.6 is 0 Å². The van der Waals surface area contributed by atoms with Crippen LogP contribution in [0.2, 0.25) is 0 Å². The Morgan fingerprint density at radius 2 is 1.82 bits per heavy atom. The van der Waals surface area contributed by atoms with E-state index in [1.165, 1.54) is 19.3 Å². The number of hydrogen-bond donors (Lipinski definition) is 0. The maximum absolute atomic E-state index is 5.28. The minimum absolute atomic E-state index is 0.494. The zero-order valence-corrected chi connectivity index (χ0v) is 8.39. The van der Waals surface area contributed by atoms with E-state index in [1.54, 1.807) is 0 Å². The molecule has 0 aliphatic rings. The van der Waals surface area contributed by atoms with Gasteiger partial charge in [-0.25, -0.2) is 0 Å². The fraction of sp³-hybridized carbons (Fsp3) is 1.00. The largest absolute Gasteiger partial charge is 0.381 e. The summed E-state index contributed by atoms with van der Waals surface area (Å²) in [4.78, 5) is 0. The molecule has 1 unspecified atom stereocenters. The molecule has 0 N–H and O–H groups in total. The summed E-state index contributed by atoms with van der Waals surface area (Å²) in [5, 5.41) is 0. The summed E-state index contributed by atoms with van der Waals surface area (Å²) < 4.78 is 5.28. The van der Waals surface area contributed by atoms with E-state index in [2.05, 4.69) is 20.8 Å². The van der Waals surface area contributed by atoms with E-state index < -0.39 is 0 Å². The highest BCUT2D eigenvalue weighted by atomic mass is 16.5. The smallest absolute Gasteiger partial charge is 0.0568 e. The van der Waals surface area contributed by atoms with Crippen molar-refractivity contribution in [1.82, 2.24) is 0 Å². The third-order valence-corrected chi connectivity index (χ3v) is 2.10. The maximum Gasteiger partial charge on any atom is 0.0568 e. The molecule has 0 aromatic rings. The minimum atomic E-state index is 0.494. The van der Waals surface area contributed by atoms with Gasteiger partial charge in [-0.3, -0.25) is 0 Å². The SMILES string of the molecule is CCC(CCCC(C)C)OC. The predicted molar refractivity (Wildman–Crippen MR) is 49.8 cm³/mol. The molecule has 0 spiro atoms. The lowest BCUT2D eigenvalue weighted by atomic mass is 10.0. The van der Waals surface area contributed by atoms with Gasteiger partial charge in [0.05, 0.1) is 6.10 Å². The zero-order valence-electron chi connectivity index (χ0n) is 8.39. The molecule has 0 saturated heterocycles. The van der Waals surface area contributed by atoms with Gasteiger partial charge in [-0.1, -0.05) is 33.6 Å². The Hall–Kier alpha value is -0.0400. The lowest BCUT2D eigenvalue weighted by Crippen LogP contribution is -2.08. The molecule has 0 aromatic heterocycles. The first kappa shape index (κ1) is 11.0. The van der Waals surface area contributed by atoms with E-state index in [0.717, 1.165) is 12.3 Å². The van der Waals surface area contributed by atoms with Gasteiger partial charge >= 0.3 is 0 Å². The van der Waals surface area contributed by atoms with E-state index in [0.29, 0.717) is 6.10 Å². The summed E-state index contributed by atoms with van der Waals surface area (Å²) in [6.07, 6.45) is 5.51. The molecule has 1 heteroatoms. The first-order valence-electron chi connectivity index (χ1n) is 4.73. The second-order valence-electron chi connectivity index (χ2n) is 3.59. The van der Waals surface area contributed by atoms with Gasteiger partial charge in [-0.05, 0) is 18.8 Å². The molecule has 0 aromatic carbocycles. The van der Waals surface area contributed by atoms with E-state index >= 15 is 0 Å². The lowest BCUT2D eigenvalue weighted by molar-refractivity contribution is 0.0890. The van der Waals surface area contributed by atoms with Crippen LogP contribution in [-0.4, -0.2) is 13.2 Å². The van der Waals surface area contributed by atoms with Crippen LogP contribution in [0, 0.1) is 5.92 Å². The zero-order chi connectivity index (χ0) is 8.69. The third kappa shape index (κ3) is 6.36. The Morgan fingerprint density at radius 3 is 2.18 bits per heavy atom. The molecular weight excluding hydrogens is 136 g/mol. The fourth-order valence-electron chi connectivity index (χ4n) is 1.24. The van der Waals surface area contributed by atoms with Crippen molar-refractivity contribution in [2.24, 2.45) is 5.92 Å². The van der Waals surface area contributed by atoms with Crippen molar-refractivity contribution in [3.8, 4) is 0 Å². The maximum atomic E-state index is 5.28. The van der Waals surface area contributed by atoms with E-state index in [-0.39, 0.29) is 0 Å². The van der Waals surface area contributed by atoms with Crippen molar-refractivity contribution in [3.63, 3.8) is 0 Å². The fourth-order valence-corrected chi connectivity index (χ4v) is 1.24. The summed E-state index contributed by atoms with van der Waals surface area (Å²) in [6, 6.07) is 0. The van der Waals surface area contributed by atoms with Crippen LogP contribution in [-0.2, 0) is 4.74 Å². The summed E-state index contributed by atoms with van der Waals surface area (Å²) in [5.41, 5.74) is 0. The van der Waals surface area contributed by atoms with Crippen molar-refractivity contribution in [2.75, 3.05) is 7.11 Å². The van der Waals surface area contributed by atoms with Gasteiger partial charge < -0.3 is 4.74 Å². The van der Waals surface area contributed by atoms with Crippen LogP contribution in [0.1, 0.15) is 46.5 Å². The van der Waals surface area contributed by atoms with Crippen LogP contribution in [0.3, 0.4) is 0 Å². The van der Waals surface area contributed by atoms with Crippen LogP contribution in [0.4, 0.5) is 0 Å². The molecule has 0 rings (SSSR count). The second kappa shape index (κ2) is 6.66. The van der Waals surface area contributed by atoms with Crippen molar-refractivity contribution in [1.29, 1.82) is 0 Å². The highest BCUT2D eigenvalue weighted by molar-refractivity contribution is 4.55. The van der Waals surface area contributed by atoms with E-state index in [9.17, 15) is 0 Å². The second-order valence-corrected chi connectivity index (χ2v) is 3.59. The van der Waals surface area contributed by atoms with Crippen molar-refractivity contribution in [2.45, 2.75) is 52.6 Å². The van der Waals surface area contributed by atoms with Crippen molar-refractivity contribution >= 4 is 0 Å². The molecule has 11 heavy (non-hydrogen) atoms. The van der Waals surface area contributed by atoms with Crippen LogP contribution in [0.15, 0.2) is 0 Å². The summed E-state index contributed by atoms with van der Waals surface area (Å²) in [7, 11) is 1.81. The van der Waals surface area contributed by atoms with Gasteiger partial charge in [0.1, 0.15) is 0 Å². The normalized spacial score (nSPS) is 13.9. The highest BCUT2D eigenvalue weighted by Gasteiger charge is 2.03. The summed E-state index contributed by atoms with van der Waals surface area (Å²) in [6.45, 7) is 6.73. The first-order chi connectivity index (χ1) is 5.20. The highest BCUT2D eigenvalue weighted by Crippen LogP contribution is 2.11. The van der Waals surface area contributed by atoms with Gasteiger partial charge in [-0.2, -0.15) is 0 Å². The molecular formula is C10H22O. The van der Waals surface area contributed by atoms with Crippen molar-refractivity contribution in [3.05, 3.63) is 0 Å². The molecule has 0 radical (unpaired) electrons. The Bertz CT molecular complexity index is 74.9. The topological polar surface area (TPSA) is 9.23 Å². The third-order valence-electron chi connectivity index (χ3n) is 2.10. The average molecular weight is 158 g/mol. The predicted octanol–water partition coefficient (Wildman–Crippen LogP) is 3.24. The van der Waals surface area contributed by atoms with Gasteiger partial charge in [0, 0.05) is 7.11 Å². The average Bonchev–Trinajstić information content (AvgIpc) is 1.98. The molecule has 0 aliphatic carbocycles. The minimum Gasteiger partial charge on any atom is -0.381 e. The van der Waals surface area contributed by atoms with Crippen LogP contribution in [0.5, 0.6) is 0 Å². The number of rotatable bonds is 6. The molecule has 0 bridgehead atoms. The molecule has 0 amide bonds. The number of hydrogen-bond acceptors (Lipinski definition) is 1. The lowest BCUT2D eigenvalue weighted by Gasteiger charge is -2.12. The van der Waals surface area contributed by atoms with Gasteiger partial charge in [-0.15, -0.1) is 0 Å². The molecule has 1 atom stereocenters. The van der Waals surface area contributed by atoms with Gasteiger partial charge in [0.25, 0.3) is 0 Å². The molecule has 0 aliphatic heterocycles. The molecule has 0 fully saturated rings. The van der Waals surface area contributed by atoms with Crippen LogP contribution < -0.4 is 0 Å². The van der Waals surface area contributed by atoms with E-state index in [4.69, 9.17) is 4.74 Å². The van der Waals surface area contributed by atoms with Gasteiger partial charge in [0.2, 0.25) is 0 Å². The Morgan fingerprint density at radius 1 is 1.18 bits per heavy atom. The first-order valence-corrected chi connectivity index (χ1v) is 4.73. The molecule has 0 saturated carbocycles.